The molecule has 0 N–H and O–H groups in total. The molecule has 3 heteroatoms. The lowest BCUT2D eigenvalue weighted by Gasteiger charge is -1.95. The summed E-state index contributed by atoms with van der Waals surface area (Å²) in [7, 11) is 0. The molecular weight excluding hydrogens is 140 g/mol. The van der Waals surface area contributed by atoms with E-state index in [-0.39, 0.29) is 5.78 Å². The zero-order valence-electron chi connectivity index (χ0n) is 6.24. The molecule has 0 fully saturated rings. The molecule has 1 aromatic rings. The van der Waals surface area contributed by atoms with Crippen LogP contribution in [0, 0.1) is 0 Å². The molecule has 0 unspecified atom stereocenters. The Morgan fingerprint density at radius 3 is 2.73 bits per heavy atom. The van der Waals surface area contributed by atoms with Gasteiger partial charge in [0.05, 0.1) is 12.4 Å². The van der Waals surface area contributed by atoms with Crippen LogP contribution in [-0.2, 0) is 0 Å². The van der Waals surface area contributed by atoms with Gasteiger partial charge in [0.15, 0.2) is 5.78 Å². The Balaban J connectivity index is 2.95. The number of Topliss-reactive ketones (excluding diaryl/α,β-unsaturated/α-hetero) is 1. The van der Waals surface area contributed by atoms with Gasteiger partial charge in [-0.05, 0) is 18.6 Å². The number of ketones is 1. The highest BCUT2D eigenvalue weighted by molar-refractivity contribution is 6.07. The first kappa shape index (κ1) is 7.60. The topological polar surface area (TPSA) is 42.9 Å². The Labute approximate surface area is 64.8 Å². The minimum absolute atomic E-state index is 0.0834. The molecular formula is C8H8N2O. The van der Waals surface area contributed by atoms with Gasteiger partial charge in [-0.25, -0.2) is 0 Å². The highest BCUT2D eigenvalue weighted by atomic mass is 16.1. The second-order valence-corrected chi connectivity index (χ2v) is 2.24. The van der Waals surface area contributed by atoms with E-state index >= 15 is 0 Å². The van der Waals surface area contributed by atoms with Crippen LogP contribution in [0.25, 0.3) is 0 Å². The van der Waals surface area contributed by atoms with Crippen LogP contribution < -0.4 is 0 Å². The summed E-state index contributed by atoms with van der Waals surface area (Å²) >= 11 is 0. The third-order valence-corrected chi connectivity index (χ3v) is 1.23. The van der Waals surface area contributed by atoms with Gasteiger partial charge in [-0.2, -0.15) is 10.2 Å². The van der Waals surface area contributed by atoms with E-state index in [1.54, 1.807) is 13.0 Å². The van der Waals surface area contributed by atoms with Gasteiger partial charge >= 0.3 is 0 Å². The van der Waals surface area contributed by atoms with E-state index < -0.39 is 0 Å². The summed E-state index contributed by atoms with van der Waals surface area (Å²) in [6.07, 6.45) is 2.91. The maximum absolute atomic E-state index is 11.2. The van der Waals surface area contributed by atoms with Gasteiger partial charge in [0.2, 0.25) is 0 Å². The minimum atomic E-state index is -0.0834. The molecule has 0 bridgehead atoms. The van der Waals surface area contributed by atoms with E-state index in [1.165, 1.54) is 12.4 Å². The smallest absolute Gasteiger partial charge is 0.189 e. The molecule has 56 valence electrons. The van der Waals surface area contributed by atoms with Crippen LogP contribution in [0.3, 0.4) is 0 Å². The molecule has 1 rings (SSSR count). The van der Waals surface area contributed by atoms with Gasteiger partial charge < -0.3 is 0 Å². The number of rotatable bonds is 2. The summed E-state index contributed by atoms with van der Waals surface area (Å²) in [4.78, 5) is 11.2. The third-order valence-electron chi connectivity index (χ3n) is 1.23. The van der Waals surface area contributed by atoms with Crippen LogP contribution in [0.5, 0.6) is 0 Å². The van der Waals surface area contributed by atoms with Crippen molar-refractivity contribution in [1.82, 2.24) is 10.2 Å². The maximum atomic E-state index is 11.2. The van der Waals surface area contributed by atoms with Crippen molar-refractivity contribution in [2.45, 2.75) is 6.92 Å². The molecule has 3 nitrogen and oxygen atoms in total. The number of nitrogens with zero attached hydrogens (tertiary/aromatic N) is 2. The summed E-state index contributed by atoms with van der Waals surface area (Å²) in [5.41, 5.74) is 1.05. The third kappa shape index (κ3) is 1.70. The van der Waals surface area contributed by atoms with Gasteiger partial charge in [0.25, 0.3) is 0 Å². The van der Waals surface area contributed by atoms with Crippen LogP contribution in [0.1, 0.15) is 17.3 Å². The fourth-order valence-corrected chi connectivity index (χ4v) is 0.671. The molecule has 0 saturated heterocycles. The first-order valence-corrected chi connectivity index (χ1v) is 3.18. The van der Waals surface area contributed by atoms with E-state index in [2.05, 4.69) is 16.8 Å². The van der Waals surface area contributed by atoms with E-state index in [9.17, 15) is 4.79 Å². The molecule has 0 amide bonds. The van der Waals surface area contributed by atoms with Crippen molar-refractivity contribution in [3.05, 3.63) is 36.2 Å². The zero-order valence-corrected chi connectivity index (χ0v) is 6.24. The molecule has 0 aromatic carbocycles. The molecule has 0 spiro atoms. The van der Waals surface area contributed by atoms with Crippen molar-refractivity contribution in [3.8, 4) is 0 Å². The Morgan fingerprint density at radius 2 is 2.27 bits per heavy atom. The first-order chi connectivity index (χ1) is 5.22. The zero-order chi connectivity index (χ0) is 8.27. The molecule has 1 aromatic heterocycles. The van der Waals surface area contributed by atoms with Gasteiger partial charge in [0, 0.05) is 5.56 Å². The van der Waals surface area contributed by atoms with Crippen molar-refractivity contribution < 1.29 is 4.79 Å². The molecule has 0 saturated carbocycles. The molecule has 0 aliphatic carbocycles. The average Bonchev–Trinajstić information content (AvgIpc) is 2.05. The van der Waals surface area contributed by atoms with Crippen molar-refractivity contribution in [3.63, 3.8) is 0 Å². The fraction of sp³-hybridized carbons (Fsp3) is 0.125. The predicted molar refractivity (Wildman–Crippen MR) is 41.2 cm³/mol. The summed E-state index contributed by atoms with van der Waals surface area (Å²) in [5.74, 6) is -0.0834. The van der Waals surface area contributed by atoms with Crippen LogP contribution in [0.2, 0.25) is 0 Å². The molecule has 0 atom stereocenters. The number of carbonyl (C=O) groups excluding carboxylic acids is 1. The van der Waals surface area contributed by atoms with Crippen LogP contribution in [0.4, 0.5) is 0 Å². The largest absolute Gasteiger partial charge is 0.289 e. The molecule has 0 radical (unpaired) electrons. The Hall–Kier alpha value is -1.51. The maximum Gasteiger partial charge on any atom is 0.189 e. The molecule has 0 aliphatic heterocycles. The second-order valence-electron chi connectivity index (χ2n) is 2.24. The van der Waals surface area contributed by atoms with E-state index in [0.29, 0.717) is 11.1 Å². The summed E-state index contributed by atoms with van der Waals surface area (Å²) in [6, 6.07) is 1.62. The van der Waals surface area contributed by atoms with Gasteiger partial charge in [-0.1, -0.05) is 6.58 Å². The Morgan fingerprint density at radius 1 is 1.55 bits per heavy atom. The summed E-state index contributed by atoms with van der Waals surface area (Å²) < 4.78 is 0. The van der Waals surface area contributed by atoms with Crippen molar-refractivity contribution in [2.24, 2.45) is 0 Å². The van der Waals surface area contributed by atoms with Crippen LogP contribution in [-0.4, -0.2) is 16.0 Å². The fourth-order valence-electron chi connectivity index (χ4n) is 0.671. The number of hydrogen-bond donors (Lipinski definition) is 0. The van der Waals surface area contributed by atoms with Gasteiger partial charge in [-0.3, -0.25) is 4.79 Å². The van der Waals surface area contributed by atoms with E-state index in [4.69, 9.17) is 0 Å². The van der Waals surface area contributed by atoms with Crippen molar-refractivity contribution in [2.75, 3.05) is 0 Å². The lowest BCUT2D eigenvalue weighted by molar-refractivity contribution is 0.103. The normalized spacial score (nSPS) is 9.18. The second kappa shape index (κ2) is 3.05. The Kier molecular flexibility index (Phi) is 2.11. The van der Waals surface area contributed by atoms with Crippen molar-refractivity contribution >= 4 is 5.78 Å². The summed E-state index contributed by atoms with van der Waals surface area (Å²) in [5, 5.41) is 7.13. The standard InChI is InChI=1S/C8H8N2O/c1-6(2)8(11)7-3-4-9-10-5-7/h3-5H,1H2,2H3. The van der Waals surface area contributed by atoms with Gasteiger partial charge in [-0.15, -0.1) is 0 Å². The minimum Gasteiger partial charge on any atom is -0.289 e. The predicted octanol–water partition coefficient (Wildman–Crippen LogP) is 1.24. The lowest BCUT2D eigenvalue weighted by atomic mass is 10.1. The lowest BCUT2D eigenvalue weighted by Crippen LogP contribution is -1.99. The van der Waals surface area contributed by atoms with E-state index in [0.717, 1.165) is 0 Å². The molecule has 1 heterocycles. The quantitative estimate of drug-likeness (QED) is 0.468. The summed E-state index contributed by atoms with van der Waals surface area (Å²) in [6.45, 7) is 5.20. The first-order valence-electron chi connectivity index (χ1n) is 3.18. The molecule has 11 heavy (non-hydrogen) atoms. The highest BCUT2D eigenvalue weighted by Gasteiger charge is 2.04. The number of allylic oxidation sites excluding steroid dienone is 1. The average molecular weight is 148 g/mol. The van der Waals surface area contributed by atoms with Crippen LogP contribution in [0.15, 0.2) is 30.6 Å². The number of aromatic nitrogens is 2. The monoisotopic (exact) mass is 148 g/mol. The van der Waals surface area contributed by atoms with Crippen LogP contribution >= 0.6 is 0 Å². The number of hydrogen-bond acceptors (Lipinski definition) is 3. The Bertz CT molecular complexity index is 279. The van der Waals surface area contributed by atoms with Gasteiger partial charge in [0.1, 0.15) is 0 Å². The molecule has 0 aliphatic rings. The van der Waals surface area contributed by atoms with E-state index in [1.807, 2.05) is 0 Å². The SMILES string of the molecule is C=C(C)C(=O)c1ccnnc1. The highest BCUT2D eigenvalue weighted by Crippen LogP contribution is 2.02. The number of carbonyl (C=O) groups is 1. The van der Waals surface area contributed by atoms with Crippen molar-refractivity contribution in [1.29, 1.82) is 0 Å².